The van der Waals surface area contributed by atoms with Crippen molar-refractivity contribution in [3.8, 4) is 5.75 Å². The molecule has 0 saturated heterocycles. The number of halogens is 1. The van der Waals surface area contributed by atoms with Crippen LogP contribution in [0.15, 0.2) is 18.2 Å². The molecule has 0 bridgehead atoms. The van der Waals surface area contributed by atoms with Crippen molar-refractivity contribution in [3.05, 3.63) is 28.8 Å². The van der Waals surface area contributed by atoms with Gasteiger partial charge in [-0.2, -0.15) is 0 Å². The molecule has 0 aliphatic heterocycles. The molecular weight excluding hydrogens is 198 g/mol. The van der Waals surface area contributed by atoms with E-state index in [0.717, 1.165) is 17.7 Å². The fourth-order valence-corrected chi connectivity index (χ4v) is 1.52. The molecule has 0 saturated carbocycles. The van der Waals surface area contributed by atoms with Crippen LogP contribution in [-0.4, -0.2) is 6.61 Å². The molecule has 0 aliphatic carbocycles. The maximum atomic E-state index is 5.95. The van der Waals surface area contributed by atoms with Crippen molar-refractivity contribution in [2.24, 2.45) is 5.73 Å². The quantitative estimate of drug-likeness (QED) is 0.834. The maximum Gasteiger partial charge on any atom is 0.121 e. The SMILES string of the molecule is CCOc1cc(Cl)cc(C(N)CC)c1. The second-order valence-electron chi connectivity index (χ2n) is 3.17. The van der Waals surface area contributed by atoms with E-state index < -0.39 is 0 Å². The van der Waals surface area contributed by atoms with Crippen LogP contribution >= 0.6 is 11.6 Å². The van der Waals surface area contributed by atoms with Crippen molar-refractivity contribution < 1.29 is 4.74 Å². The second kappa shape index (κ2) is 5.23. The average molecular weight is 214 g/mol. The predicted octanol–water partition coefficient (Wildman–Crippen LogP) is 3.15. The van der Waals surface area contributed by atoms with E-state index in [1.807, 2.05) is 26.0 Å². The van der Waals surface area contributed by atoms with Crippen molar-refractivity contribution in [2.45, 2.75) is 26.3 Å². The first-order chi connectivity index (χ1) is 6.67. The summed E-state index contributed by atoms with van der Waals surface area (Å²) in [6.45, 7) is 4.63. The third kappa shape index (κ3) is 2.89. The summed E-state index contributed by atoms with van der Waals surface area (Å²) in [5.74, 6) is 0.791. The Kier molecular flexibility index (Phi) is 4.23. The first-order valence-electron chi connectivity index (χ1n) is 4.86. The Bertz CT molecular complexity index is 301. The highest BCUT2D eigenvalue weighted by atomic mass is 35.5. The van der Waals surface area contributed by atoms with Crippen LogP contribution < -0.4 is 10.5 Å². The van der Waals surface area contributed by atoms with E-state index in [0.29, 0.717) is 11.6 Å². The predicted molar refractivity (Wildman–Crippen MR) is 59.8 cm³/mol. The van der Waals surface area contributed by atoms with Gasteiger partial charge >= 0.3 is 0 Å². The van der Waals surface area contributed by atoms with Crippen LogP contribution in [0.3, 0.4) is 0 Å². The van der Waals surface area contributed by atoms with Gasteiger partial charge in [-0.25, -0.2) is 0 Å². The zero-order valence-corrected chi connectivity index (χ0v) is 9.34. The van der Waals surface area contributed by atoms with Crippen LogP contribution in [0.2, 0.25) is 5.02 Å². The summed E-state index contributed by atoms with van der Waals surface area (Å²) in [6, 6.07) is 5.67. The summed E-state index contributed by atoms with van der Waals surface area (Å²) in [4.78, 5) is 0. The average Bonchev–Trinajstić information content (AvgIpc) is 2.16. The van der Waals surface area contributed by atoms with Gasteiger partial charge in [-0.15, -0.1) is 0 Å². The van der Waals surface area contributed by atoms with E-state index >= 15 is 0 Å². The minimum absolute atomic E-state index is 0.0351. The molecule has 1 atom stereocenters. The van der Waals surface area contributed by atoms with Crippen LogP contribution in [0.5, 0.6) is 5.75 Å². The lowest BCUT2D eigenvalue weighted by Crippen LogP contribution is -2.08. The van der Waals surface area contributed by atoms with Crippen molar-refractivity contribution in [1.82, 2.24) is 0 Å². The van der Waals surface area contributed by atoms with E-state index in [-0.39, 0.29) is 6.04 Å². The summed E-state index contributed by atoms with van der Waals surface area (Å²) >= 11 is 5.95. The van der Waals surface area contributed by atoms with Gasteiger partial charge in [0.15, 0.2) is 0 Å². The number of ether oxygens (including phenoxy) is 1. The van der Waals surface area contributed by atoms with Gasteiger partial charge in [0.2, 0.25) is 0 Å². The van der Waals surface area contributed by atoms with Crippen LogP contribution in [0.4, 0.5) is 0 Å². The van der Waals surface area contributed by atoms with E-state index in [2.05, 4.69) is 0 Å². The highest BCUT2D eigenvalue weighted by Gasteiger charge is 2.06. The molecule has 1 aromatic carbocycles. The van der Waals surface area contributed by atoms with E-state index in [4.69, 9.17) is 22.1 Å². The molecule has 0 radical (unpaired) electrons. The molecule has 0 spiro atoms. The van der Waals surface area contributed by atoms with Crippen molar-refractivity contribution in [2.75, 3.05) is 6.61 Å². The third-order valence-electron chi connectivity index (χ3n) is 2.07. The minimum atomic E-state index is 0.0351. The van der Waals surface area contributed by atoms with Gasteiger partial charge in [0.1, 0.15) is 5.75 Å². The molecule has 0 aromatic heterocycles. The molecule has 0 amide bonds. The Hall–Kier alpha value is -0.730. The first kappa shape index (κ1) is 11.3. The molecule has 0 heterocycles. The Morgan fingerprint density at radius 2 is 2.07 bits per heavy atom. The molecule has 0 aliphatic rings. The smallest absolute Gasteiger partial charge is 0.121 e. The Balaban J connectivity index is 2.94. The summed E-state index contributed by atoms with van der Waals surface area (Å²) < 4.78 is 5.38. The highest BCUT2D eigenvalue weighted by molar-refractivity contribution is 6.30. The van der Waals surface area contributed by atoms with Gasteiger partial charge in [0.05, 0.1) is 6.61 Å². The fraction of sp³-hybridized carbons (Fsp3) is 0.455. The zero-order chi connectivity index (χ0) is 10.6. The Morgan fingerprint density at radius 1 is 1.36 bits per heavy atom. The number of rotatable bonds is 4. The first-order valence-corrected chi connectivity index (χ1v) is 5.24. The number of benzene rings is 1. The van der Waals surface area contributed by atoms with Gasteiger partial charge in [-0.3, -0.25) is 0 Å². The summed E-state index contributed by atoms with van der Waals surface area (Å²) in [7, 11) is 0. The molecule has 78 valence electrons. The largest absolute Gasteiger partial charge is 0.494 e. The molecule has 1 unspecified atom stereocenters. The van der Waals surface area contributed by atoms with E-state index in [1.54, 1.807) is 6.07 Å². The van der Waals surface area contributed by atoms with Gasteiger partial charge in [-0.1, -0.05) is 18.5 Å². The van der Waals surface area contributed by atoms with Gasteiger partial charge in [0.25, 0.3) is 0 Å². The van der Waals surface area contributed by atoms with Crippen LogP contribution in [0.1, 0.15) is 31.9 Å². The topological polar surface area (TPSA) is 35.2 Å². The van der Waals surface area contributed by atoms with Gasteiger partial charge < -0.3 is 10.5 Å². The number of nitrogens with two attached hydrogens (primary N) is 1. The lowest BCUT2D eigenvalue weighted by molar-refractivity contribution is 0.339. The lowest BCUT2D eigenvalue weighted by atomic mass is 10.1. The number of hydrogen-bond acceptors (Lipinski definition) is 2. The molecule has 0 fully saturated rings. The standard InChI is InChI=1S/C11H16ClNO/c1-3-11(13)8-5-9(12)7-10(6-8)14-4-2/h5-7,11H,3-4,13H2,1-2H3. The second-order valence-corrected chi connectivity index (χ2v) is 3.60. The third-order valence-corrected chi connectivity index (χ3v) is 2.29. The van der Waals surface area contributed by atoms with Gasteiger partial charge in [-0.05, 0) is 37.1 Å². The van der Waals surface area contributed by atoms with Crippen LogP contribution in [0, 0.1) is 0 Å². The van der Waals surface area contributed by atoms with Gasteiger partial charge in [0, 0.05) is 11.1 Å². The highest BCUT2D eigenvalue weighted by Crippen LogP contribution is 2.25. The minimum Gasteiger partial charge on any atom is -0.494 e. The van der Waals surface area contributed by atoms with Crippen molar-refractivity contribution >= 4 is 11.6 Å². The fourth-order valence-electron chi connectivity index (χ4n) is 1.28. The molecule has 3 heteroatoms. The Labute approximate surface area is 90.0 Å². The lowest BCUT2D eigenvalue weighted by Gasteiger charge is -2.12. The summed E-state index contributed by atoms with van der Waals surface area (Å²) in [5, 5.41) is 0.676. The molecule has 1 aromatic rings. The molecule has 1 rings (SSSR count). The van der Waals surface area contributed by atoms with Crippen LogP contribution in [-0.2, 0) is 0 Å². The van der Waals surface area contributed by atoms with Crippen molar-refractivity contribution in [3.63, 3.8) is 0 Å². The summed E-state index contributed by atoms with van der Waals surface area (Å²) in [6.07, 6.45) is 0.895. The molecular formula is C11H16ClNO. The van der Waals surface area contributed by atoms with Crippen LogP contribution in [0.25, 0.3) is 0 Å². The zero-order valence-electron chi connectivity index (χ0n) is 8.59. The normalized spacial score (nSPS) is 12.6. The van der Waals surface area contributed by atoms with E-state index in [9.17, 15) is 0 Å². The molecule has 2 N–H and O–H groups in total. The Morgan fingerprint density at radius 3 is 2.64 bits per heavy atom. The summed E-state index contributed by atoms with van der Waals surface area (Å²) in [5.41, 5.74) is 6.94. The molecule has 2 nitrogen and oxygen atoms in total. The van der Waals surface area contributed by atoms with E-state index in [1.165, 1.54) is 0 Å². The number of hydrogen-bond donors (Lipinski definition) is 1. The maximum absolute atomic E-state index is 5.95. The molecule has 14 heavy (non-hydrogen) atoms. The van der Waals surface area contributed by atoms with Crippen molar-refractivity contribution in [1.29, 1.82) is 0 Å². The monoisotopic (exact) mass is 213 g/mol.